The minimum absolute atomic E-state index is 0.0635. The van der Waals surface area contributed by atoms with Gasteiger partial charge in [-0.15, -0.1) is 10.2 Å². The van der Waals surface area contributed by atoms with Crippen LogP contribution in [0.3, 0.4) is 0 Å². The van der Waals surface area contributed by atoms with E-state index in [2.05, 4.69) is 15.3 Å². The summed E-state index contributed by atoms with van der Waals surface area (Å²) in [6.45, 7) is 3.94. The molecule has 110 valence electrons. The highest BCUT2D eigenvalue weighted by Gasteiger charge is 2.19. The van der Waals surface area contributed by atoms with Gasteiger partial charge in [-0.05, 0) is 30.3 Å². The van der Waals surface area contributed by atoms with Crippen LogP contribution in [0, 0.1) is 0 Å². The summed E-state index contributed by atoms with van der Waals surface area (Å²) in [6.07, 6.45) is 0. The Balaban J connectivity index is 2.48. The van der Waals surface area contributed by atoms with E-state index in [1.807, 2.05) is 26.0 Å². The Bertz CT molecular complexity index is 707. The summed E-state index contributed by atoms with van der Waals surface area (Å²) in [7, 11) is 0. The molecular formula is C13H15ClN6S. The van der Waals surface area contributed by atoms with E-state index in [0.29, 0.717) is 22.1 Å². The van der Waals surface area contributed by atoms with Crippen LogP contribution in [0.2, 0.25) is 5.02 Å². The van der Waals surface area contributed by atoms with Crippen molar-refractivity contribution in [2.24, 2.45) is 16.0 Å². The molecule has 0 aliphatic carbocycles. The van der Waals surface area contributed by atoms with Gasteiger partial charge in [-0.1, -0.05) is 37.6 Å². The van der Waals surface area contributed by atoms with Gasteiger partial charge in [0, 0.05) is 0 Å². The van der Waals surface area contributed by atoms with Crippen molar-refractivity contribution < 1.29 is 0 Å². The Labute approximate surface area is 132 Å². The molecule has 0 saturated heterocycles. The number of halogens is 1. The molecule has 0 radical (unpaired) electrons. The molecule has 2 aromatic rings. The number of hydrogen-bond acceptors (Lipinski definition) is 5. The number of nitrogens with two attached hydrogens (primary N) is 2. The monoisotopic (exact) mass is 322 g/mol. The number of rotatable bonds is 3. The number of aromatic nitrogens is 2. The van der Waals surface area contributed by atoms with Crippen LogP contribution in [-0.2, 0) is 0 Å². The summed E-state index contributed by atoms with van der Waals surface area (Å²) in [5, 5.41) is 13.2. The van der Waals surface area contributed by atoms with E-state index >= 15 is 0 Å². The maximum atomic E-state index is 6.04. The molecule has 21 heavy (non-hydrogen) atoms. The molecule has 0 amide bonds. The normalized spacial score (nSPS) is 11.4. The molecule has 0 aliphatic rings. The summed E-state index contributed by atoms with van der Waals surface area (Å²) >= 11 is 11.0. The molecule has 1 aromatic heterocycles. The van der Waals surface area contributed by atoms with Gasteiger partial charge in [-0.2, -0.15) is 9.78 Å². The molecule has 1 aromatic carbocycles. The Hall–Kier alpha value is -1.99. The highest BCUT2D eigenvalue weighted by atomic mass is 35.5. The maximum absolute atomic E-state index is 6.04. The van der Waals surface area contributed by atoms with E-state index in [-0.39, 0.29) is 16.8 Å². The number of nitrogens with zero attached hydrogens (tertiary/aromatic N) is 4. The lowest BCUT2D eigenvalue weighted by atomic mass is 10.1. The zero-order valence-corrected chi connectivity index (χ0v) is 13.2. The van der Waals surface area contributed by atoms with Crippen molar-refractivity contribution in [3.8, 4) is 0 Å². The molecule has 1 heterocycles. The number of nitrogen functional groups attached to an aromatic ring is 1. The Morgan fingerprint density at radius 3 is 2.57 bits per heavy atom. The van der Waals surface area contributed by atoms with Crippen LogP contribution < -0.4 is 11.5 Å². The first-order valence-electron chi connectivity index (χ1n) is 6.26. The van der Waals surface area contributed by atoms with E-state index in [9.17, 15) is 0 Å². The van der Waals surface area contributed by atoms with Crippen molar-refractivity contribution in [3.63, 3.8) is 0 Å². The number of azo groups is 1. The summed E-state index contributed by atoms with van der Waals surface area (Å²) in [4.78, 5) is 0. The Morgan fingerprint density at radius 1 is 1.33 bits per heavy atom. The summed E-state index contributed by atoms with van der Waals surface area (Å²) in [5.41, 5.74) is 13.3. The third-order valence-corrected chi connectivity index (χ3v) is 3.28. The van der Waals surface area contributed by atoms with E-state index < -0.39 is 0 Å². The van der Waals surface area contributed by atoms with Gasteiger partial charge in [0.1, 0.15) is 5.69 Å². The molecular weight excluding hydrogens is 308 g/mol. The minimum Gasteiger partial charge on any atom is -0.382 e. The lowest BCUT2D eigenvalue weighted by Crippen LogP contribution is -2.22. The predicted octanol–water partition coefficient (Wildman–Crippen LogP) is 3.75. The average Bonchev–Trinajstić information content (AvgIpc) is 2.75. The minimum atomic E-state index is 0.0635. The van der Waals surface area contributed by atoms with Gasteiger partial charge in [-0.25, -0.2) is 0 Å². The molecule has 8 heteroatoms. The average molecular weight is 323 g/mol. The molecule has 0 bridgehead atoms. The van der Waals surface area contributed by atoms with Gasteiger partial charge < -0.3 is 11.5 Å². The van der Waals surface area contributed by atoms with E-state index in [0.717, 1.165) is 0 Å². The molecule has 2 rings (SSSR count). The fraction of sp³-hybridized carbons (Fsp3) is 0.231. The van der Waals surface area contributed by atoms with Gasteiger partial charge in [0.15, 0.2) is 16.6 Å². The molecule has 0 spiro atoms. The fourth-order valence-corrected chi connectivity index (χ4v) is 2.05. The SMILES string of the molecule is CC(C)c1nn(C(N)=S)c(N)c1N=Nc1ccccc1Cl. The van der Waals surface area contributed by atoms with E-state index in [4.69, 9.17) is 35.3 Å². The molecule has 0 saturated carbocycles. The second-order valence-electron chi connectivity index (χ2n) is 4.68. The van der Waals surface area contributed by atoms with Crippen LogP contribution >= 0.6 is 23.8 Å². The highest BCUT2D eigenvalue weighted by Crippen LogP contribution is 2.34. The second kappa shape index (κ2) is 6.19. The molecule has 0 fully saturated rings. The Kier molecular flexibility index (Phi) is 4.54. The Morgan fingerprint density at radius 2 is 2.00 bits per heavy atom. The van der Waals surface area contributed by atoms with Crippen LogP contribution in [0.4, 0.5) is 17.2 Å². The molecule has 0 unspecified atom stereocenters. The van der Waals surface area contributed by atoms with Crippen LogP contribution in [0.15, 0.2) is 34.5 Å². The molecule has 0 atom stereocenters. The zero-order valence-electron chi connectivity index (χ0n) is 11.6. The maximum Gasteiger partial charge on any atom is 0.193 e. The lowest BCUT2D eigenvalue weighted by Gasteiger charge is -2.00. The topological polar surface area (TPSA) is 94.6 Å². The number of hydrogen-bond donors (Lipinski definition) is 2. The van der Waals surface area contributed by atoms with Crippen LogP contribution in [0.25, 0.3) is 0 Å². The fourth-order valence-electron chi connectivity index (χ4n) is 1.74. The van der Waals surface area contributed by atoms with Gasteiger partial charge in [0.25, 0.3) is 0 Å². The zero-order chi connectivity index (χ0) is 15.6. The molecule has 4 N–H and O–H groups in total. The van der Waals surface area contributed by atoms with Gasteiger partial charge in [-0.3, -0.25) is 0 Å². The number of anilines is 1. The standard InChI is InChI=1S/C13H15ClN6S/c1-7(2)10-11(12(15)20(19-10)13(16)21)18-17-9-6-4-3-5-8(9)14/h3-7H,15H2,1-2H3,(H2,16,21). The van der Waals surface area contributed by atoms with E-state index in [1.165, 1.54) is 4.68 Å². The van der Waals surface area contributed by atoms with Gasteiger partial charge in [0.05, 0.1) is 10.7 Å². The van der Waals surface area contributed by atoms with Crippen molar-refractivity contribution in [1.29, 1.82) is 0 Å². The largest absolute Gasteiger partial charge is 0.382 e. The lowest BCUT2D eigenvalue weighted by molar-refractivity contribution is 0.786. The molecule has 6 nitrogen and oxygen atoms in total. The quantitative estimate of drug-likeness (QED) is 0.664. The van der Waals surface area contributed by atoms with Crippen molar-refractivity contribution >= 4 is 46.1 Å². The summed E-state index contributed by atoms with van der Waals surface area (Å²) < 4.78 is 1.28. The smallest absolute Gasteiger partial charge is 0.193 e. The summed E-state index contributed by atoms with van der Waals surface area (Å²) in [5.74, 6) is 0.366. The first-order chi connectivity index (χ1) is 9.91. The third kappa shape index (κ3) is 3.20. The number of thiocarbonyl (C=S) groups is 1. The molecule has 0 aliphatic heterocycles. The van der Waals surface area contributed by atoms with Crippen LogP contribution in [0.1, 0.15) is 25.5 Å². The van der Waals surface area contributed by atoms with Crippen molar-refractivity contribution in [2.45, 2.75) is 19.8 Å². The second-order valence-corrected chi connectivity index (χ2v) is 5.50. The third-order valence-electron chi connectivity index (χ3n) is 2.79. The van der Waals surface area contributed by atoms with Crippen molar-refractivity contribution in [1.82, 2.24) is 9.78 Å². The van der Waals surface area contributed by atoms with Crippen LogP contribution in [0.5, 0.6) is 0 Å². The predicted molar refractivity (Wildman–Crippen MR) is 88.5 cm³/mol. The van der Waals surface area contributed by atoms with Gasteiger partial charge in [0.2, 0.25) is 0 Å². The number of benzene rings is 1. The first kappa shape index (κ1) is 15.4. The first-order valence-corrected chi connectivity index (χ1v) is 7.05. The van der Waals surface area contributed by atoms with Gasteiger partial charge >= 0.3 is 0 Å². The summed E-state index contributed by atoms with van der Waals surface area (Å²) in [6, 6.07) is 7.14. The van der Waals surface area contributed by atoms with E-state index in [1.54, 1.807) is 12.1 Å². The van der Waals surface area contributed by atoms with Crippen molar-refractivity contribution in [2.75, 3.05) is 5.73 Å². The highest BCUT2D eigenvalue weighted by molar-refractivity contribution is 7.80. The van der Waals surface area contributed by atoms with Crippen LogP contribution in [-0.4, -0.2) is 14.9 Å². The van der Waals surface area contributed by atoms with Crippen molar-refractivity contribution in [3.05, 3.63) is 35.0 Å².